The van der Waals surface area contributed by atoms with Crippen LogP contribution in [-0.4, -0.2) is 25.2 Å². The molecule has 0 aliphatic rings. The van der Waals surface area contributed by atoms with Crippen molar-refractivity contribution in [3.63, 3.8) is 0 Å². The monoisotopic (exact) mass is 235 g/mol. The highest BCUT2D eigenvalue weighted by molar-refractivity contribution is 5.96. The molecule has 0 spiro atoms. The number of para-hydroxylation sites is 1. The van der Waals surface area contributed by atoms with E-state index in [-0.39, 0.29) is 12.1 Å². The lowest BCUT2D eigenvalue weighted by molar-refractivity contribution is 0.0378. The number of carbonyl (C=O) groups is 1. The van der Waals surface area contributed by atoms with Gasteiger partial charge >= 0.3 is 5.97 Å². The number of rotatable bonds is 5. The number of hydrogen-bond acceptors (Lipinski definition) is 3. The Hall–Kier alpha value is -1.51. The van der Waals surface area contributed by atoms with E-state index in [1.165, 1.54) is 0 Å². The predicted molar refractivity (Wildman–Crippen MR) is 70.6 cm³/mol. The van der Waals surface area contributed by atoms with Crippen molar-refractivity contribution < 1.29 is 9.53 Å². The Morgan fingerprint density at radius 1 is 1.24 bits per heavy atom. The lowest BCUT2D eigenvalue weighted by Gasteiger charge is -2.23. The van der Waals surface area contributed by atoms with Gasteiger partial charge in [0, 0.05) is 13.1 Å². The van der Waals surface area contributed by atoms with E-state index in [1.807, 2.05) is 38.1 Å². The molecule has 0 saturated heterocycles. The molecule has 1 aromatic carbocycles. The van der Waals surface area contributed by atoms with Gasteiger partial charge in [-0.25, -0.2) is 4.79 Å². The molecule has 0 bridgehead atoms. The van der Waals surface area contributed by atoms with Gasteiger partial charge in [0.15, 0.2) is 0 Å². The Morgan fingerprint density at radius 3 is 2.35 bits per heavy atom. The molecule has 0 radical (unpaired) electrons. The first-order chi connectivity index (χ1) is 8.10. The summed E-state index contributed by atoms with van der Waals surface area (Å²) in [5, 5.41) is 0. The molecular formula is C14H21NO2. The van der Waals surface area contributed by atoms with E-state index in [0.717, 1.165) is 18.8 Å². The quantitative estimate of drug-likeness (QED) is 0.734. The van der Waals surface area contributed by atoms with E-state index < -0.39 is 0 Å². The van der Waals surface area contributed by atoms with Crippen LogP contribution >= 0.6 is 0 Å². The normalized spacial score (nSPS) is 10.4. The van der Waals surface area contributed by atoms with Crippen molar-refractivity contribution in [1.29, 1.82) is 0 Å². The summed E-state index contributed by atoms with van der Waals surface area (Å²) in [6, 6.07) is 7.59. The van der Waals surface area contributed by atoms with E-state index in [2.05, 4.69) is 18.7 Å². The zero-order valence-electron chi connectivity index (χ0n) is 11.1. The number of esters is 1. The maximum atomic E-state index is 12.0. The van der Waals surface area contributed by atoms with E-state index >= 15 is 0 Å². The van der Waals surface area contributed by atoms with Crippen LogP contribution in [0.5, 0.6) is 0 Å². The van der Waals surface area contributed by atoms with Crippen LogP contribution in [0.3, 0.4) is 0 Å². The van der Waals surface area contributed by atoms with Crippen molar-refractivity contribution in [3.8, 4) is 0 Å². The average Bonchev–Trinajstić information content (AvgIpc) is 2.30. The van der Waals surface area contributed by atoms with Crippen LogP contribution in [0.15, 0.2) is 24.3 Å². The molecule has 0 aliphatic heterocycles. The number of ether oxygens (including phenoxy) is 1. The molecule has 0 atom stereocenters. The van der Waals surface area contributed by atoms with Gasteiger partial charge in [-0.1, -0.05) is 12.1 Å². The molecule has 17 heavy (non-hydrogen) atoms. The minimum Gasteiger partial charge on any atom is -0.459 e. The van der Waals surface area contributed by atoms with Gasteiger partial charge in [0.1, 0.15) is 0 Å². The Labute approximate surface area is 103 Å². The van der Waals surface area contributed by atoms with Gasteiger partial charge in [0.25, 0.3) is 0 Å². The van der Waals surface area contributed by atoms with Crippen molar-refractivity contribution in [2.75, 3.05) is 18.0 Å². The Bertz CT molecular complexity index is 370. The number of anilines is 1. The molecule has 0 saturated carbocycles. The molecule has 0 amide bonds. The fourth-order valence-corrected chi connectivity index (χ4v) is 1.76. The topological polar surface area (TPSA) is 29.5 Å². The van der Waals surface area contributed by atoms with Gasteiger partial charge in [-0.15, -0.1) is 0 Å². The third-order valence-corrected chi connectivity index (χ3v) is 2.57. The maximum absolute atomic E-state index is 12.0. The highest BCUT2D eigenvalue weighted by atomic mass is 16.5. The summed E-state index contributed by atoms with van der Waals surface area (Å²) in [5.41, 5.74) is 1.59. The first kappa shape index (κ1) is 13.6. The van der Waals surface area contributed by atoms with Crippen molar-refractivity contribution in [2.24, 2.45) is 0 Å². The zero-order chi connectivity index (χ0) is 12.8. The molecular weight excluding hydrogens is 214 g/mol. The summed E-state index contributed by atoms with van der Waals surface area (Å²) < 4.78 is 5.25. The number of nitrogens with zero attached hydrogens (tertiary/aromatic N) is 1. The zero-order valence-corrected chi connectivity index (χ0v) is 11.1. The van der Waals surface area contributed by atoms with Crippen molar-refractivity contribution >= 4 is 11.7 Å². The van der Waals surface area contributed by atoms with Crippen LogP contribution in [0.2, 0.25) is 0 Å². The highest BCUT2D eigenvalue weighted by Crippen LogP contribution is 2.21. The van der Waals surface area contributed by atoms with Gasteiger partial charge in [0.05, 0.1) is 17.4 Å². The average molecular weight is 235 g/mol. The minimum atomic E-state index is -0.248. The fourth-order valence-electron chi connectivity index (χ4n) is 1.76. The second kappa shape index (κ2) is 6.28. The first-order valence-electron chi connectivity index (χ1n) is 6.15. The molecule has 0 N–H and O–H groups in total. The molecule has 3 heteroatoms. The number of carbonyl (C=O) groups excluding carboxylic acids is 1. The van der Waals surface area contributed by atoms with Gasteiger partial charge in [-0.05, 0) is 39.8 Å². The largest absolute Gasteiger partial charge is 0.459 e. The summed E-state index contributed by atoms with van der Waals surface area (Å²) in [6.07, 6.45) is -0.0905. The summed E-state index contributed by atoms with van der Waals surface area (Å²) in [4.78, 5) is 14.1. The summed E-state index contributed by atoms with van der Waals surface area (Å²) in [6.45, 7) is 9.63. The smallest absolute Gasteiger partial charge is 0.340 e. The fraction of sp³-hybridized carbons (Fsp3) is 0.500. The van der Waals surface area contributed by atoms with Crippen molar-refractivity contribution in [2.45, 2.75) is 33.8 Å². The number of hydrogen-bond donors (Lipinski definition) is 0. The molecule has 1 rings (SSSR count). The third-order valence-electron chi connectivity index (χ3n) is 2.57. The van der Waals surface area contributed by atoms with Gasteiger partial charge in [0.2, 0.25) is 0 Å². The van der Waals surface area contributed by atoms with Crippen LogP contribution < -0.4 is 4.90 Å². The molecule has 1 aromatic rings. The van der Waals surface area contributed by atoms with Gasteiger partial charge in [-0.2, -0.15) is 0 Å². The number of benzene rings is 1. The molecule has 94 valence electrons. The van der Waals surface area contributed by atoms with E-state index in [0.29, 0.717) is 5.56 Å². The first-order valence-corrected chi connectivity index (χ1v) is 6.15. The summed E-state index contributed by atoms with van der Waals surface area (Å²) >= 11 is 0. The van der Waals surface area contributed by atoms with E-state index in [9.17, 15) is 4.79 Å². The molecule has 0 aliphatic carbocycles. The Morgan fingerprint density at radius 2 is 1.82 bits per heavy atom. The highest BCUT2D eigenvalue weighted by Gasteiger charge is 2.16. The van der Waals surface area contributed by atoms with Gasteiger partial charge < -0.3 is 9.64 Å². The lowest BCUT2D eigenvalue weighted by Crippen LogP contribution is -2.25. The van der Waals surface area contributed by atoms with E-state index in [4.69, 9.17) is 4.74 Å². The van der Waals surface area contributed by atoms with Crippen LogP contribution in [0.25, 0.3) is 0 Å². The Balaban J connectivity index is 3.02. The molecule has 0 heterocycles. The second-order valence-corrected chi connectivity index (χ2v) is 4.14. The molecule has 0 fully saturated rings. The minimum absolute atomic E-state index is 0.0905. The molecule has 0 aromatic heterocycles. The van der Waals surface area contributed by atoms with Crippen molar-refractivity contribution in [1.82, 2.24) is 0 Å². The summed E-state index contributed by atoms with van der Waals surface area (Å²) in [5.74, 6) is -0.248. The second-order valence-electron chi connectivity index (χ2n) is 4.14. The molecule has 0 unspecified atom stereocenters. The van der Waals surface area contributed by atoms with Crippen LogP contribution in [0.4, 0.5) is 5.69 Å². The Kier molecular flexibility index (Phi) is 5.01. The van der Waals surface area contributed by atoms with Crippen LogP contribution in [0.1, 0.15) is 38.1 Å². The predicted octanol–water partition coefficient (Wildman–Crippen LogP) is 3.10. The summed E-state index contributed by atoms with van der Waals surface area (Å²) in [7, 11) is 0. The maximum Gasteiger partial charge on any atom is 0.340 e. The molecule has 3 nitrogen and oxygen atoms in total. The van der Waals surface area contributed by atoms with Crippen molar-refractivity contribution in [3.05, 3.63) is 29.8 Å². The standard InChI is InChI=1S/C14H21NO2/c1-5-15(6-2)13-10-8-7-9-12(13)14(16)17-11(3)4/h7-11H,5-6H2,1-4H3. The van der Waals surface area contributed by atoms with Crippen LogP contribution in [-0.2, 0) is 4.74 Å². The lowest BCUT2D eigenvalue weighted by atomic mass is 10.1. The third kappa shape index (κ3) is 3.48. The van der Waals surface area contributed by atoms with E-state index in [1.54, 1.807) is 0 Å². The van der Waals surface area contributed by atoms with Crippen LogP contribution in [0, 0.1) is 0 Å². The SMILES string of the molecule is CCN(CC)c1ccccc1C(=O)OC(C)C. The van der Waals surface area contributed by atoms with Gasteiger partial charge in [-0.3, -0.25) is 0 Å².